The third-order valence-electron chi connectivity index (χ3n) is 3.53. The highest BCUT2D eigenvalue weighted by Crippen LogP contribution is 2.04. The van der Waals surface area contributed by atoms with Crippen molar-refractivity contribution < 1.29 is 9.57 Å². The molecule has 0 amide bonds. The first-order chi connectivity index (χ1) is 9.74. The summed E-state index contributed by atoms with van der Waals surface area (Å²) in [4.78, 5) is 5.32. The van der Waals surface area contributed by atoms with Gasteiger partial charge in [0.15, 0.2) is 0 Å². The van der Waals surface area contributed by atoms with Gasteiger partial charge in [0, 0.05) is 7.11 Å². The third-order valence-corrected chi connectivity index (χ3v) is 3.53. The lowest BCUT2D eigenvalue weighted by Crippen LogP contribution is -2.31. The molecule has 108 valence electrons. The van der Waals surface area contributed by atoms with E-state index in [9.17, 15) is 0 Å². The fourth-order valence-corrected chi connectivity index (χ4v) is 2.21. The van der Waals surface area contributed by atoms with E-state index < -0.39 is 0 Å². The van der Waals surface area contributed by atoms with Crippen LogP contribution in [0.4, 0.5) is 0 Å². The Bertz CT molecular complexity index is 589. The van der Waals surface area contributed by atoms with Crippen molar-refractivity contribution in [3.8, 4) is 0 Å². The Morgan fingerprint density at radius 2 is 2.20 bits per heavy atom. The molecule has 0 radical (unpaired) electrons. The topological polar surface area (TPSA) is 30.8 Å². The van der Waals surface area contributed by atoms with Crippen molar-refractivity contribution in [2.75, 3.05) is 13.7 Å². The molecule has 1 aromatic rings. The highest BCUT2D eigenvalue weighted by Gasteiger charge is 2.06. The molecule has 1 aliphatic rings. The Hall–Kier alpha value is -1.61. The number of rotatable bonds is 6. The van der Waals surface area contributed by atoms with E-state index in [0.29, 0.717) is 6.61 Å². The first kappa shape index (κ1) is 14.8. The van der Waals surface area contributed by atoms with Crippen molar-refractivity contribution in [2.24, 2.45) is 5.16 Å². The monoisotopic (exact) mass is 273 g/mol. The van der Waals surface area contributed by atoms with Gasteiger partial charge in [-0.3, -0.25) is 0 Å². The van der Waals surface area contributed by atoms with E-state index in [4.69, 9.17) is 9.57 Å². The molecule has 0 fully saturated rings. The van der Waals surface area contributed by atoms with E-state index in [1.807, 2.05) is 6.92 Å². The molecule has 0 saturated carbocycles. The predicted octanol–water partition coefficient (Wildman–Crippen LogP) is 2.21. The number of ether oxygens (including phenoxy) is 1. The molecule has 1 unspecified atom stereocenters. The second-order valence-corrected chi connectivity index (χ2v) is 5.09. The highest BCUT2D eigenvalue weighted by atomic mass is 16.6. The van der Waals surface area contributed by atoms with Gasteiger partial charge in [-0.25, -0.2) is 0 Å². The Morgan fingerprint density at radius 3 is 2.95 bits per heavy atom. The molecule has 1 aromatic carbocycles. The van der Waals surface area contributed by atoms with Gasteiger partial charge in [0.2, 0.25) is 0 Å². The molecule has 3 nitrogen and oxygen atoms in total. The van der Waals surface area contributed by atoms with Crippen molar-refractivity contribution in [3.05, 3.63) is 34.2 Å². The number of fused-ring (bicyclic) bond motifs is 1. The standard InChI is InChI=1S/C17H23NO2/c1-4-5-10-20-18-13(2)14-6-7-16-12-17(19-3)9-8-15(16)11-14/h6-8,11-12,17H,4-5,9-10H2,1-3H3/b18-13+. The molecule has 20 heavy (non-hydrogen) atoms. The Labute approximate surface area is 120 Å². The van der Waals surface area contributed by atoms with Gasteiger partial charge in [0.25, 0.3) is 0 Å². The van der Waals surface area contributed by atoms with Crippen molar-refractivity contribution in [1.82, 2.24) is 0 Å². The van der Waals surface area contributed by atoms with Crippen LogP contribution in [-0.2, 0) is 9.57 Å². The molecule has 1 aliphatic carbocycles. The van der Waals surface area contributed by atoms with Crippen molar-refractivity contribution in [3.63, 3.8) is 0 Å². The average Bonchev–Trinajstić information content (AvgIpc) is 2.50. The SMILES string of the molecule is CCCCO/N=C(\C)c1ccc2c(c1)=CCC(OC)C=2. The van der Waals surface area contributed by atoms with Gasteiger partial charge in [-0.2, -0.15) is 0 Å². The molecule has 0 spiro atoms. The molecule has 0 aliphatic heterocycles. The molecule has 0 heterocycles. The fourth-order valence-electron chi connectivity index (χ4n) is 2.21. The molecular weight excluding hydrogens is 250 g/mol. The van der Waals surface area contributed by atoms with Crippen LogP contribution in [0.15, 0.2) is 23.4 Å². The van der Waals surface area contributed by atoms with Crippen molar-refractivity contribution in [1.29, 1.82) is 0 Å². The number of hydrogen-bond donors (Lipinski definition) is 0. The lowest BCUT2D eigenvalue weighted by molar-refractivity contribution is 0.141. The number of unbranched alkanes of at least 4 members (excludes halogenated alkanes) is 1. The van der Waals surface area contributed by atoms with Gasteiger partial charge in [-0.15, -0.1) is 0 Å². The zero-order valence-electron chi connectivity index (χ0n) is 12.6. The maximum Gasteiger partial charge on any atom is 0.117 e. The van der Waals surface area contributed by atoms with Crippen LogP contribution in [0.3, 0.4) is 0 Å². The average molecular weight is 273 g/mol. The van der Waals surface area contributed by atoms with Crippen LogP contribution in [0.5, 0.6) is 0 Å². The van der Waals surface area contributed by atoms with Crippen LogP contribution in [0, 0.1) is 0 Å². The lowest BCUT2D eigenvalue weighted by atomic mass is 10.0. The first-order valence-corrected chi connectivity index (χ1v) is 7.26. The molecule has 3 heteroatoms. The summed E-state index contributed by atoms with van der Waals surface area (Å²) in [6.45, 7) is 4.81. The maximum absolute atomic E-state index is 5.37. The van der Waals surface area contributed by atoms with Gasteiger partial charge < -0.3 is 9.57 Å². The van der Waals surface area contributed by atoms with Crippen LogP contribution >= 0.6 is 0 Å². The lowest BCUT2D eigenvalue weighted by Gasteiger charge is -2.12. The molecule has 0 N–H and O–H groups in total. The minimum absolute atomic E-state index is 0.195. The largest absolute Gasteiger partial charge is 0.396 e. The van der Waals surface area contributed by atoms with Crippen molar-refractivity contribution >= 4 is 17.9 Å². The van der Waals surface area contributed by atoms with Crippen LogP contribution in [-0.4, -0.2) is 25.5 Å². The smallest absolute Gasteiger partial charge is 0.117 e. The van der Waals surface area contributed by atoms with E-state index in [-0.39, 0.29) is 6.10 Å². The molecule has 2 rings (SSSR count). The summed E-state index contributed by atoms with van der Waals surface area (Å²) in [7, 11) is 1.75. The van der Waals surface area contributed by atoms with Crippen molar-refractivity contribution in [2.45, 2.75) is 39.2 Å². The zero-order valence-corrected chi connectivity index (χ0v) is 12.6. The van der Waals surface area contributed by atoms with Crippen LogP contribution in [0.1, 0.15) is 38.7 Å². The molecular formula is C17H23NO2. The maximum atomic E-state index is 5.37. The summed E-state index contributed by atoms with van der Waals surface area (Å²) < 4.78 is 5.37. The van der Waals surface area contributed by atoms with Crippen LogP contribution < -0.4 is 10.4 Å². The number of hydrogen-bond acceptors (Lipinski definition) is 3. The number of oxime groups is 1. The van der Waals surface area contributed by atoms with Gasteiger partial charge in [-0.1, -0.05) is 36.7 Å². The molecule has 1 atom stereocenters. The molecule has 0 aromatic heterocycles. The van der Waals surface area contributed by atoms with Gasteiger partial charge in [0.1, 0.15) is 6.61 Å². The quantitative estimate of drug-likeness (QED) is 0.452. The normalized spacial score (nSPS) is 17.9. The number of nitrogens with zero attached hydrogens (tertiary/aromatic N) is 1. The fraction of sp³-hybridized carbons (Fsp3) is 0.471. The summed E-state index contributed by atoms with van der Waals surface area (Å²) in [5.41, 5.74) is 2.03. The minimum Gasteiger partial charge on any atom is -0.396 e. The summed E-state index contributed by atoms with van der Waals surface area (Å²) in [6.07, 6.45) is 7.68. The zero-order chi connectivity index (χ0) is 14.4. The summed E-state index contributed by atoms with van der Waals surface area (Å²) in [6, 6.07) is 6.38. The third kappa shape index (κ3) is 3.70. The highest BCUT2D eigenvalue weighted by molar-refractivity contribution is 5.98. The second kappa shape index (κ2) is 7.25. The predicted molar refractivity (Wildman–Crippen MR) is 83.1 cm³/mol. The van der Waals surface area contributed by atoms with Crippen LogP contribution in [0.25, 0.3) is 12.2 Å². The van der Waals surface area contributed by atoms with Crippen LogP contribution in [0.2, 0.25) is 0 Å². The van der Waals surface area contributed by atoms with E-state index in [0.717, 1.165) is 30.5 Å². The van der Waals surface area contributed by atoms with E-state index in [1.54, 1.807) is 7.11 Å². The van der Waals surface area contributed by atoms with Gasteiger partial charge in [0.05, 0.1) is 11.8 Å². The molecule has 0 saturated heterocycles. The summed E-state index contributed by atoms with van der Waals surface area (Å²) >= 11 is 0. The Balaban J connectivity index is 2.16. The van der Waals surface area contributed by atoms with Gasteiger partial charge >= 0.3 is 0 Å². The van der Waals surface area contributed by atoms with E-state index in [2.05, 4.69) is 42.4 Å². The Morgan fingerprint density at radius 1 is 1.35 bits per heavy atom. The first-order valence-electron chi connectivity index (χ1n) is 7.26. The van der Waals surface area contributed by atoms with E-state index >= 15 is 0 Å². The number of benzene rings is 1. The van der Waals surface area contributed by atoms with Gasteiger partial charge in [-0.05, 0) is 47.9 Å². The second-order valence-electron chi connectivity index (χ2n) is 5.09. The summed E-state index contributed by atoms with van der Waals surface area (Å²) in [5, 5.41) is 6.66. The molecule has 0 bridgehead atoms. The van der Waals surface area contributed by atoms with E-state index in [1.165, 1.54) is 10.4 Å². The number of methoxy groups -OCH3 is 1. The Kier molecular flexibility index (Phi) is 5.36. The summed E-state index contributed by atoms with van der Waals surface area (Å²) in [5.74, 6) is 0. The minimum atomic E-state index is 0.195.